The average molecular weight is 376 g/mol. The number of hydrogen-bond donors (Lipinski definition) is 2. The van der Waals surface area contributed by atoms with Crippen LogP contribution in [0.2, 0.25) is 5.02 Å². The van der Waals surface area contributed by atoms with Crippen molar-refractivity contribution in [2.24, 2.45) is 5.92 Å². The van der Waals surface area contributed by atoms with E-state index < -0.39 is 0 Å². The summed E-state index contributed by atoms with van der Waals surface area (Å²) in [5.74, 6) is -0.128. The fraction of sp³-hybridized carbons (Fsp3) is 0.444. The summed E-state index contributed by atoms with van der Waals surface area (Å²) in [6.07, 6.45) is 3.86. The Balaban J connectivity index is 1.55. The van der Waals surface area contributed by atoms with E-state index in [1.54, 1.807) is 6.20 Å². The molecule has 2 atom stereocenters. The van der Waals surface area contributed by atoms with E-state index in [9.17, 15) is 9.59 Å². The number of carbonyl (C=O) groups is 2. The number of nitrogens with one attached hydrogen (secondary N) is 2. The second kappa shape index (κ2) is 8.31. The highest BCUT2D eigenvalue weighted by atomic mass is 35.5. The molecule has 8 heteroatoms. The van der Waals surface area contributed by atoms with Gasteiger partial charge in [0, 0.05) is 30.1 Å². The zero-order chi connectivity index (χ0) is 18.5. The Morgan fingerprint density at radius 3 is 2.85 bits per heavy atom. The van der Waals surface area contributed by atoms with Gasteiger partial charge in [0.1, 0.15) is 6.54 Å². The highest BCUT2D eigenvalue weighted by molar-refractivity contribution is 6.30. The number of benzene rings is 1. The third-order valence-corrected chi connectivity index (χ3v) is 4.78. The van der Waals surface area contributed by atoms with Gasteiger partial charge in [0.15, 0.2) is 0 Å². The minimum Gasteiger partial charge on any atom is -0.356 e. The van der Waals surface area contributed by atoms with Gasteiger partial charge in [0.05, 0.1) is 11.7 Å². The highest BCUT2D eigenvalue weighted by Crippen LogP contribution is 2.19. The minimum absolute atomic E-state index is 0.0525. The Kier molecular flexibility index (Phi) is 5.88. The first-order chi connectivity index (χ1) is 12.5. The first-order valence-corrected chi connectivity index (χ1v) is 9.14. The van der Waals surface area contributed by atoms with Crippen LogP contribution in [-0.2, 0) is 22.6 Å². The van der Waals surface area contributed by atoms with Crippen LogP contribution in [0.5, 0.6) is 0 Å². The van der Waals surface area contributed by atoms with Gasteiger partial charge in [0.2, 0.25) is 11.8 Å². The smallest absolute Gasteiger partial charge is 0.242 e. The molecule has 0 bridgehead atoms. The lowest BCUT2D eigenvalue weighted by atomic mass is 10.0. The molecule has 7 nitrogen and oxygen atoms in total. The Labute approximate surface area is 157 Å². The first-order valence-electron chi connectivity index (χ1n) is 8.76. The maximum absolute atomic E-state index is 12.3. The quantitative estimate of drug-likeness (QED) is 0.773. The number of aromatic nitrogens is 3. The van der Waals surface area contributed by atoms with E-state index in [1.165, 1.54) is 4.68 Å². The molecule has 1 fully saturated rings. The van der Waals surface area contributed by atoms with Crippen molar-refractivity contribution in [3.8, 4) is 0 Å². The molecule has 0 spiro atoms. The van der Waals surface area contributed by atoms with Crippen molar-refractivity contribution in [1.82, 2.24) is 25.6 Å². The van der Waals surface area contributed by atoms with Gasteiger partial charge in [-0.2, -0.15) is 0 Å². The largest absolute Gasteiger partial charge is 0.356 e. The van der Waals surface area contributed by atoms with Crippen LogP contribution in [0.4, 0.5) is 0 Å². The van der Waals surface area contributed by atoms with Crippen molar-refractivity contribution in [3.63, 3.8) is 0 Å². The van der Waals surface area contributed by atoms with Crippen LogP contribution in [0.3, 0.4) is 0 Å². The summed E-state index contributed by atoms with van der Waals surface area (Å²) >= 11 is 5.91. The second-order valence-electron chi connectivity index (χ2n) is 6.47. The summed E-state index contributed by atoms with van der Waals surface area (Å²) in [5, 5.41) is 14.6. The molecule has 2 amide bonds. The van der Waals surface area contributed by atoms with Crippen molar-refractivity contribution < 1.29 is 9.59 Å². The van der Waals surface area contributed by atoms with E-state index in [0.29, 0.717) is 18.0 Å². The highest BCUT2D eigenvalue weighted by Gasteiger charge is 2.25. The lowest BCUT2D eigenvalue weighted by Crippen LogP contribution is -2.31. The van der Waals surface area contributed by atoms with E-state index in [-0.39, 0.29) is 30.3 Å². The Hall–Kier alpha value is -2.41. The number of rotatable bonds is 7. The molecule has 1 aliphatic heterocycles. The molecule has 2 heterocycles. The lowest BCUT2D eigenvalue weighted by Gasteiger charge is -2.17. The van der Waals surface area contributed by atoms with Crippen LogP contribution in [0.15, 0.2) is 30.5 Å². The van der Waals surface area contributed by atoms with Crippen LogP contribution in [0.1, 0.15) is 37.1 Å². The zero-order valence-corrected chi connectivity index (χ0v) is 15.4. The topological polar surface area (TPSA) is 88.9 Å². The Morgan fingerprint density at radius 2 is 2.19 bits per heavy atom. The second-order valence-corrected chi connectivity index (χ2v) is 6.90. The number of amides is 2. The molecule has 26 heavy (non-hydrogen) atoms. The predicted molar refractivity (Wildman–Crippen MR) is 97.5 cm³/mol. The van der Waals surface area contributed by atoms with Crippen LogP contribution in [0, 0.1) is 5.92 Å². The van der Waals surface area contributed by atoms with Gasteiger partial charge in [-0.15, -0.1) is 5.10 Å². The molecule has 0 aliphatic carbocycles. The van der Waals surface area contributed by atoms with Gasteiger partial charge in [-0.05, 0) is 30.5 Å². The summed E-state index contributed by atoms with van der Waals surface area (Å²) in [4.78, 5) is 24.0. The van der Waals surface area contributed by atoms with E-state index in [1.807, 2.05) is 31.2 Å². The summed E-state index contributed by atoms with van der Waals surface area (Å²) in [6, 6.07) is 7.38. The molecule has 0 radical (unpaired) electrons. The maximum Gasteiger partial charge on any atom is 0.242 e. The van der Waals surface area contributed by atoms with Crippen LogP contribution in [-0.4, -0.2) is 33.4 Å². The summed E-state index contributed by atoms with van der Waals surface area (Å²) in [6.45, 7) is 2.82. The monoisotopic (exact) mass is 375 g/mol. The SMILES string of the molecule is CCC(NC(=O)Cn1cc(CC2CCNC2=O)nn1)c1ccc(Cl)cc1. The predicted octanol–water partition coefficient (Wildman–Crippen LogP) is 1.88. The van der Waals surface area contributed by atoms with Gasteiger partial charge < -0.3 is 10.6 Å². The van der Waals surface area contributed by atoms with Gasteiger partial charge >= 0.3 is 0 Å². The van der Waals surface area contributed by atoms with E-state index in [4.69, 9.17) is 11.6 Å². The van der Waals surface area contributed by atoms with Crippen LogP contribution < -0.4 is 10.6 Å². The zero-order valence-electron chi connectivity index (χ0n) is 14.6. The molecule has 0 saturated carbocycles. The maximum atomic E-state index is 12.3. The molecule has 3 rings (SSSR count). The number of nitrogens with zero attached hydrogens (tertiary/aromatic N) is 3. The fourth-order valence-electron chi connectivity index (χ4n) is 3.10. The molecule has 1 saturated heterocycles. The lowest BCUT2D eigenvalue weighted by molar-refractivity contribution is -0.123. The molecular formula is C18H22ClN5O2. The van der Waals surface area contributed by atoms with Crippen molar-refractivity contribution in [2.75, 3.05) is 6.54 Å². The van der Waals surface area contributed by atoms with Crippen molar-refractivity contribution in [2.45, 2.75) is 38.8 Å². The van der Waals surface area contributed by atoms with Crippen molar-refractivity contribution >= 4 is 23.4 Å². The normalized spacial score (nSPS) is 17.8. The van der Waals surface area contributed by atoms with Gasteiger partial charge in [-0.25, -0.2) is 4.68 Å². The molecule has 2 unspecified atom stereocenters. The molecular weight excluding hydrogens is 354 g/mol. The van der Waals surface area contributed by atoms with Gasteiger partial charge in [-0.1, -0.05) is 35.9 Å². The number of halogens is 1. The van der Waals surface area contributed by atoms with E-state index in [2.05, 4.69) is 20.9 Å². The molecule has 1 aliphatic rings. The van der Waals surface area contributed by atoms with E-state index >= 15 is 0 Å². The van der Waals surface area contributed by atoms with Crippen molar-refractivity contribution in [3.05, 3.63) is 46.7 Å². The van der Waals surface area contributed by atoms with Crippen molar-refractivity contribution in [1.29, 1.82) is 0 Å². The third kappa shape index (κ3) is 4.60. The molecule has 1 aromatic carbocycles. The molecule has 138 valence electrons. The fourth-order valence-corrected chi connectivity index (χ4v) is 3.23. The third-order valence-electron chi connectivity index (χ3n) is 4.53. The summed E-state index contributed by atoms with van der Waals surface area (Å²) in [7, 11) is 0. The number of carbonyl (C=O) groups excluding carboxylic acids is 2. The number of hydrogen-bond acceptors (Lipinski definition) is 4. The molecule has 1 aromatic heterocycles. The Bertz CT molecular complexity index is 774. The first kappa shape index (κ1) is 18.4. The Morgan fingerprint density at radius 1 is 1.42 bits per heavy atom. The molecule has 2 N–H and O–H groups in total. The molecule has 2 aromatic rings. The standard InChI is InChI=1S/C18H22ClN5O2/c1-2-16(12-3-5-14(19)6-4-12)21-17(25)11-24-10-15(22-23-24)9-13-7-8-20-18(13)26/h3-6,10,13,16H,2,7-9,11H2,1H3,(H,20,26)(H,21,25). The minimum atomic E-state index is -0.137. The summed E-state index contributed by atoms with van der Waals surface area (Å²) < 4.78 is 1.51. The van der Waals surface area contributed by atoms with Crippen LogP contribution in [0.25, 0.3) is 0 Å². The van der Waals surface area contributed by atoms with E-state index in [0.717, 1.165) is 24.1 Å². The van der Waals surface area contributed by atoms with Gasteiger partial charge in [-0.3, -0.25) is 9.59 Å². The van der Waals surface area contributed by atoms with Gasteiger partial charge in [0.25, 0.3) is 0 Å². The summed E-state index contributed by atoms with van der Waals surface area (Å²) in [5.41, 5.74) is 1.74. The average Bonchev–Trinajstić information content (AvgIpc) is 3.23. The van der Waals surface area contributed by atoms with Crippen LogP contribution >= 0.6 is 11.6 Å².